The van der Waals surface area contributed by atoms with Crippen LogP contribution < -0.4 is 10.4 Å². The Kier molecular flexibility index (Phi) is 3.62. The van der Waals surface area contributed by atoms with E-state index >= 15 is 0 Å². The minimum atomic E-state index is -0.337. The molecule has 4 heteroatoms. The molecule has 0 saturated heterocycles. The van der Waals surface area contributed by atoms with Crippen LogP contribution in [-0.4, -0.2) is 17.7 Å². The Hall–Kier alpha value is -2.59. The summed E-state index contributed by atoms with van der Waals surface area (Å²) in [5.41, 5.74) is 3.14. The highest BCUT2D eigenvalue weighted by molar-refractivity contribution is 5.95. The lowest BCUT2D eigenvalue weighted by molar-refractivity contribution is 0.0689. The maximum atomic E-state index is 12.2. The Bertz CT molecular complexity index is 944. The van der Waals surface area contributed by atoms with E-state index in [1.807, 2.05) is 42.5 Å². The molecule has 0 spiro atoms. The van der Waals surface area contributed by atoms with Crippen LogP contribution in [0.5, 0.6) is 5.75 Å². The first-order valence-corrected chi connectivity index (χ1v) is 8.15. The topological polar surface area (TPSA) is 42.7 Å². The third-order valence-corrected chi connectivity index (χ3v) is 4.53. The molecule has 4 rings (SSSR count). The summed E-state index contributed by atoms with van der Waals surface area (Å²) in [7, 11) is 0. The van der Waals surface area contributed by atoms with Gasteiger partial charge in [-0.05, 0) is 37.1 Å². The molecule has 0 radical (unpaired) electrons. The van der Waals surface area contributed by atoms with Gasteiger partial charge in [0, 0.05) is 24.0 Å². The second kappa shape index (κ2) is 5.80. The smallest absolute Gasteiger partial charge is 0.336 e. The molecule has 4 nitrogen and oxygen atoms in total. The van der Waals surface area contributed by atoms with Crippen molar-refractivity contribution in [1.29, 1.82) is 0 Å². The van der Waals surface area contributed by atoms with Gasteiger partial charge in [0.2, 0.25) is 0 Å². The highest BCUT2D eigenvalue weighted by Crippen LogP contribution is 2.36. The first-order valence-electron chi connectivity index (χ1n) is 8.15. The van der Waals surface area contributed by atoms with Crippen molar-refractivity contribution in [3.63, 3.8) is 0 Å². The molecule has 2 heterocycles. The van der Waals surface area contributed by atoms with Crippen LogP contribution in [0.3, 0.4) is 0 Å². The van der Waals surface area contributed by atoms with Crippen molar-refractivity contribution in [2.45, 2.75) is 26.4 Å². The van der Waals surface area contributed by atoms with E-state index in [-0.39, 0.29) is 5.63 Å². The number of rotatable bonds is 2. The number of benzene rings is 2. The highest BCUT2D eigenvalue weighted by atomic mass is 16.5. The number of fused-ring (bicyclic) bond motifs is 3. The summed E-state index contributed by atoms with van der Waals surface area (Å²) in [4.78, 5) is 14.4. The zero-order chi connectivity index (χ0) is 16.7. The number of ether oxygens (including phenoxy) is 1. The average Bonchev–Trinajstić information content (AvgIpc) is 2.61. The van der Waals surface area contributed by atoms with Crippen molar-refractivity contribution in [3.8, 4) is 16.9 Å². The van der Waals surface area contributed by atoms with Crippen LogP contribution in [0.4, 0.5) is 0 Å². The van der Waals surface area contributed by atoms with Gasteiger partial charge in [-0.3, -0.25) is 4.90 Å². The van der Waals surface area contributed by atoms with Crippen LogP contribution in [0.2, 0.25) is 0 Å². The van der Waals surface area contributed by atoms with Gasteiger partial charge < -0.3 is 9.15 Å². The molecule has 2 aromatic carbocycles. The SMILES string of the molecule is CC(C)N1COc2ccc3c(-c4ccccc4)cc(=O)oc3c2C1. The third kappa shape index (κ3) is 2.49. The van der Waals surface area contributed by atoms with E-state index in [4.69, 9.17) is 9.15 Å². The van der Waals surface area contributed by atoms with Gasteiger partial charge in [0.15, 0.2) is 0 Å². The highest BCUT2D eigenvalue weighted by Gasteiger charge is 2.24. The van der Waals surface area contributed by atoms with Gasteiger partial charge in [0.1, 0.15) is 18.1 Å². The van der Waals surface area contributed by atoms with Gasteiger partial charge in [0.05, 0.1) is 5.56 Å². The zero-order valence-electron chi connectivity index (χ0n) is 13.8. The van der Waals surface area contributed by atoms with Crippen molar-refractivity contribution < 1.29 is 9.15 Å². The molecule has 0 saturated carbocycles. The lowest BCUT2D eigenvalue weighted by Gasteiger charge is -2.32. The molecule has 0 amide bonds. The molecule has 0 unspecified atom stereocenters. The molecule has 1 aliphatic rings. The normalized spacial score (nSPS) is 14.6. The predicted octanol–water partition coefficient (Wildman–Crippen LogP) is 4.02. The summed E-state index contributed by atoms with van der Waals surface area (Å²) in [6, 6.07) is 15.8. The van der Waals surface area contributed by atoms with Crippen molar-refractivity contribution in [2.24, 2.45) is 0 Å². The van der Waals surface area contributed by atoms with E-state index in [1.54, 1.807) is 6.07 Å². The summed E-state index contributed by atoms with van der Waals surface area (Å²) in [6.45, 7) is 5.53. The van der Waals surface area contributed by atoms with Gasteiger partial charge in [-0.1, -0.05) is 30.3 Å². The van der Waals surface area contributed by atoms with Crippen molar-refractivity contribution in [3.05, 3.63) is 64.5 Å². The molecule has 122 valence electrons. The standard InChI is InChI=1S/C20H19NO3/c1-13(2)21-11-17-18(23-12-21)9-8-15-16(10-19(22)24-20(15)17)14-6-4-3-5-7-14/h3-10,13H,11-12H2,1-2H3. The number of hydrogen-bond acceptors (Lipinski definition) is 4. The molecule has 0 atom stereocenters. The Morgan fingerprint density at radius 1 is 1.08 bits per heavy atom. The van der Waals surface area contributed by atoms with Crippen LogP contribution in [0.15, 0.2) is 57.7 Å². The number of hydrogen-bond donors (Lipinski definition) is 0. The van der Waals surface area contributed by atoms with Crippen LogP contribution in [0, 0.1) is 0 Å². The van der Waals surface area contributed by atoms with Crippen LogP contribution in [0.25, 0.3) is 22.1 Å². The van der Waals surface area contributed by atoms with Crippen molar-refractivity contribution in [1.82, 2.24) is 4.90 Å². The second-order valence-corrected chi connectivity index (χ2v) is 6.38. The molecule has 24 heavy (non-hydrogen) atoms. The van der Waals surface area contributed by atoms with Crippen molar-refractivity contribution >= 4 is 11.0 Å². The van der Waals surface area contributed by atoms with E-state index < -0.39 is 0 Å². The van der Waals surface area contributed by atoms with E-state index in [9.17, 15) is 4.79 Å². The first-order chi connectivity index (χ1) is 11.6. The molecule has 0 bridgehead atoms. The zero-order valence-corrected chi connectivity index (χ0v) is 13.8. The summed E-state index contributed by atoms with van der Waals surface area (Å²) in [5.74, 6) is 0.799. The van der Waals surface area contributed by atoms with Crippen LogP contribution in [0.1, 0.15) is 19.4 Å². The Labute approximate surface area is 140 Å². The molecule has 0 N–H and O–H groups in total. The molecule has 3 aromatic rings. The monoisotopic (exact) mass is 321 g/mol. The Morgan fingerprint density at radius 2 is 1.88 bits per heavy atom. The number of nitrogens with zero attached hydrogens (tertiary/aromatic N) is 1. The summed E-state index contributed by atoms with van der Waals surface area (Å²) >= 11 is 0. The maximum absolute atomic E-state index is 12.2. The Morgan fingerprint density at radius 3 is 2.62 bits per heavy atom. The van der Waals surface area contributed by atoms with Gasteiger partial charge in [-0.2, -0.15) is 0 Å². The maximum Gasteiger partial charge on any atom is 0.336 e. The van der Waals surface area contributed by atoms with E-state index in [0.29, 0.717) is 24.9 Å². The van der Waals surface area contributed by atoms with E-state index in [2.05, 4.69) is 18.7 Å². The van der Waals surface area contributed by atoms with Gasteiger partial charge in [-0.25, -0.2) is 4.79 Å². The summed E-state index contributed by atoms with van der Waals surface area (Å²) in [5, 5.41) is 0.939. The summed E-state index contributed by atoms with van der Waals surface area (Å²) < 4.78 is 11.4. The van der Waals surface area contributed by atoms with Crippen molar-refractivity contribution in [2.75, 3.05) is 6.73 Å². The molecule has 1 aromatic heterocycles. The van der Waals surface area contributed by atoms with Gasteiger partial charge in [0.25, 0.3) is 0 Å². The molecular formula is C20H19NO3. The lowest BCUT2D eigenvalue weighted by atomic mass is 9.99. The quantitative estimate of drug-likeness (QED) is 0.669. The fourth-order valence-corrected chi connectivity index (χ4v) is 3.14. The van der Waals surface area contributed by atoms with Crippen LogP contribution >= 0.6 is 0 Å². The minimum Gasteiger partial charge on any atom is -0.478 e. The average molecular weight is 321 g/mol. The largest absolute Gasteiger partial charge is 0.478 e. The van der Waals surface area contributed by atoms with Crippen LogP contribution in [-0.2, 0) is 6.54 Å². The Balaban J connectivity index is 1.96. The minimum absolute atomic E-state index is 0.337. The van der Waals surface area contributed by atoms with Gasteiger partial charge >= 0.3 is 5.63 Å². The van der Waals surface area contributed by atoms with Gasteiger partial charge in [-0.15, -0.1) is 0 Å². The molecular weight excluding hydrogens is 302 g/mol. The first kappa shape index (κ1) is 15.0. The summed E-state index contributed by atoms with van der Waals surface area (Å²) in [6.07, 6.45) is 0. The third-order valence-electron chi connectivity index (χ3n) is 4.53. The fourth-order valence-electron chi connectivity index (χ4n) is 3.14. The predicted molar refractivity (Wildman–Crippen MR) is 94.1 cm³/mol. The molecule has 0 aliphatic carbocycles. The lowest BCUT2D eigenvalue weighted by Crippen LogP contribution is -2.37. The van der Waals surface area contributed by atoms with E-state index in [1.165, 1.54) is 0 Å². The second-order valence-electron chi connectivity index (χ2n) is 6.38. The molecule has 1 aliphatic heterocycles. The fraction of sp³-hybridized carbons (Fsp3) is 0.250. The molecule has 0 fully saturated rings. The van der Waals surface area contributed by atoms with E-state index in [0.717, 1.165) is 27.8 Å².